The van der Waals surface area contributed by atoms with Gasteiger partial charge in [-0.2, -0.15) is 0 Å². The molecule has 0 amide bonds. The molecule has 0 aliphatic heterocycles. The minimum Gasteiger partial charge on any atom is -0.493 e. The molecule has 0 saturated heterocycles. The van der Waals surface area contributed by atoms with Crippen molar-refractivity contribution < 1.29 is 9.47 Å². The molecule has 3 nitrogen and oxygen atoms in total. The summed E-state index contributed by atoms with van der Waals surface area (Å²) in [5.41, 5.74) is 9.91. The van der Waals surface area contributed by atoms with Gasteiger partial charge in [-0.15, -0.1) is 0 Å². The molecule has 2 aromatic carbocycles. The second-order valence-corrected chi connectivity index (χ2v) is 6.07. The van der Waals surface area contributed by atoms with E-state index in [0.29, 0.717) is 19.1 Å². The van der Waals surface area contributed by atoms with Gasteiger partial charge in [-0.3, -0.25) is 0 Å². The summed E-state index contributed by atoms with van der Waals surface area (Å²) in [6.07, 6.45) is 2.93. The fourth-order valence-corrected chi connectivity index (χ4v) is 2.82. The van der Waals surface area contributed by atoms with Crippen molar-refractivity contribution in [2.45, 2.75) is 39.0 Å². The first-order valence-corrected chi connectivity index (χ1v) is 8.80. The Labute approximate surface area is 145 Å². The van der Waals surface area contributed by atoms with E-state index in [1.165, 1.54) is 16.7 Å². The van der Waals surface area contributed by atoms with Crippen LogP contribution < -0.4 is 15.2 Å². The molecule has 0 bridgehead atoms. The fraction of sp³-hybridized carbons (Fsp3) is 0.429. The van der Waals surface area contributed by atoms with Gasteiger partial charge in [0, 0.05) is 5.92 Å². The van der Waals surface area contributed by atoms with Crippen LogP contribution >= 0.6 is 0 Å². The van der Waals surface area contributed by atoms with Gasteiger partial charge < -0.3 is 15.2 Å². The third-order valence-electron chi connectivity index (χ3n) is 4.32. The quantitative estimate of drug-likeness (QED) is 0.745. The monoisotopic (exact) mass is 327 g/mol. The highest BCUT2D eigenvalue weighted by molar-refractivity contribution is 5.43. The van der Waals surface area contributed by atoms with E-state index in [1.54, 1.807) is 7.11 Å². The van der Waals surface area contributed by atoms with E-state index in [-0.39, 0.29) is 0 Å². The molecular formula is C21H29NO2. The van der Waals surface area contributed by atoms with Crippen LogP contribution in [-0.2, 0) is 12.8 Å². The summed E-state index contributed by atoms with van der Waals surface area (Å²) in [7, 11) is 1.67. The summed E-state index contributed by atoms with van der Waals surface area (Å²) in [6.45, 7) is 5.59. The molecule has 0 fully saturated rings. The van der Waals surface area contributed by atoms with E-state index in [4.69, 9.17) is 15.2 Å². The van der Waals surface area contributed by atoms with Gasteiger partial charge in [0.25, 0.3) is 0 Å². The zero-order valence-electron chi connectivity index (χ0n) is 15.0. The Hall–Kier alpha value is -2.00. The summed E-state index contributed by atoms with van der Waals surface area (Å²) in [6, 6.07) is 15.0. The number of hydrogen-bond donors (Lipinski definition) is 1. The van der Waals surface area contributed by atoms with Gasteiger partial charge in [0.1, 0.15) is 0 Å². The number of methoxy groups -OCH3 is 1. The molecular weight excluding hydrogens is 298 g/mol. The Balaban J connectivity index is 2.17. The maximum atomic E-state index is 6.04. The molecule has 0 aliphatic rings. The van der Waals surface area contributed by atoms with Gasteiger partial charge in [0.2, 0.25) is 0 Å². The van der Waals surface area contributed by atoms with E-state index in [9.17, 15) is 0 Å². The summed E-state index contributed by atoms with van der Waals surface area (Å²) in [4.78, 5) is 0. The molecule has 1 unspecified atom stereocenters. The highest BCUT2D eigenvalue weighted by atomic mass is 16.5. The Bertz CT molecular complexity index is 622. The number of ether oxygens (including phenoxy) is 2. The van der Waals surface area contributed by atoms with Crippen LogP contribution in [0.5, 0.6) is 11.5 Å². The molecule has 0 radical (unpaired) electrons. The van der Waals surface area contributed by atoms with Crippen molar-refractivity contribution in [1.82, 2.24) is 0 Å². The van der Waals surface area contributed by atoms with Crippen LogP contribution in [0, 0.1) is 0 Å². The molecule has 2 rings (SSSR count). The average Bonchev–Trinajstić information content (AvgIpc) is 2.64. The maximum Gasteiger partial charge on any atom is 0.161 e. The lowest BCUT2D eigenvalue weighted by atomic mass is 9.91. The minimum atomic E-state index is 0.309. The van der Waals surface area contributed by atoms with Gasteiger partial charge in [-0.05, 0) is 54.6 Å². The number of nitrogens with two attached hydrogens (primary N) is 1. The molecule has 3 heteroatoms. The van der Waals surface area contributed by atoms with Gasteiger partial charge in [0.15, 0.2) is 11.5 Å². The molecule has 0 aromatic heterocycles. The number of aryl methyl sites for hydroxylation is 1. The first-order chi connectivity index (χ1) is 11.7. The van der Waals surface area contributed by atoms with Crippen molar-refractivity contribution in [2.24, 2.45) is 5.73 Å². The third kappa shape index (κ3) is 4.75. The first kappa shape index (κ1) is 18.3. The van der Waals surface area contributed by atoms with Crippen LogP contribution in [0.2, 0.25) is 0 Å². The van der Waals surface area contributed by atoms with Crippen molar-refractivity contribution in [3.8, 4) is 11.5 Å². The fourth-order valence-electron chi connectivity index (χ4n) is 2.82. The Morgan fingerprint density at radius 2 is 1.67 bits per heavy atom. The zero-order chi connectivity index (χ0) is 17.4. The molecule has 130 valence electrons. The highest BCUT2D eigenvalue weighted by Crippen LogP contribution is 2.30. The minimum absolute atomic E-state index is 0.309. The Morgan fingerprint density at radius 3 is 2.25 bits per heavy atom. The first-order valence-electron chi connectivity index (χ1n) is 8.80. The second-order valence-electron chi connectivity index (χ2n) is 6.07. The standard InChI is InChI=1S/C21H29NO2/c1-4-12-24-21-14-17(8-11-20(21)23-3)13-19(15-22)18-9-6-16(5-2)7-10-18/h6-11,14,19H,4-5,12-13,15,22H2,1-3H3. The number of rotatable bonds is 9. The van der Waals surface area contributed by atoms with E-state index >= 15 is 0 Å². The third-order valence-corrected chi connectivity index (χ3v) is 4.32. The SMILES string of the molecule is CCCOc1cc(CC(CN)c2ccc(CC)cc2)ccc1OC. The van der Waals surface area contributed by atoms with Crippen LogP contribution in [0.4, 0.5) is 0 Å². The van der Waals surface area contributed by atoms with Crippen molar-refractivity contribution in [1.29, 1.82) is 0 Å². The molecule has 0 spiro atoms. The van der Waals surface area contributed by atoms with Gasteiger partial charge in [0.05, 0.1) is 13.7 Å². The van der Waals surface area contributed by atoms with E-state index in [1.807, 2.05) is 6.07 Å². The largest absolute Gasteiger partial charge is 0.493 e. The van der Waals surface area contributed by atoms with Crippen LogP contribution in [-0.4, -0.2) is 20.3 Å². The molecule has 2 aromatic rings. The van der Waals surface area contributed by atoms with Crippen LogP contribution in [0.25, 0.3) is 0 Å². The lowest BCUT2D eigenvalue weighted by molar-refractivity contribution is 0.294. The van der Waals surface area contributed by atoms with Crippen LogP contribution in [0.3, 0.4) is 0 Å². The zero-order valence-corrected chi connectivity index (χ0v) is 15.0. The molecule has 2 N–H and O–H groups in total. The molecule has 0 aliphatic carbocycles. The van der Waals surface area contributed by atoms with Crippen molar-refractivity contribution in [3.05, 3.63) is 59.2 Å². The normalized spacial score (nSPS) is 12.0. The predicted molar refractivity (Wildman–Crippen MR) is 100 cm³/mol. The molecule has 0 heterocycles. The molecule has 0 saturated carbocycles. The summed E-state index contributed by atoms with van der Waals surface area (Å²) in [5.74, 6) is 1.90. The van der Waals surface area contributed by atoms with E-state index < -0.39 is 0 Å². The van der Waals surface area contributed by atoms with Crippen molar-refractivity contribution >= 4 is 0 Å². The maximum absolute atomic E-state index is 6.04. The second kappa shape index (κ2) is 9.33. The Morgan fingerprint density at radius 1 is 0.958 bits per heavy atom. The Kier molecular flexibility index (Phi) is 7.13. The van der Waals surface area contributed by atoms with Crippen molar-refractivity contribution in [2.75, 3.05) is 20.3 Å². The summed E-state index contributed by atoms with van der Waals surface area (Å²) >= 11 is 0. The number of hydrogen-bond acceptors (Lipinski definition) is 3. The smallest absolute Gasteiger partial charge is 0.161 e. The van der Waals surface area contributed by atoms with Gasteiger partial charge >= 0.3 is 0 Å². The lowest BCUT2D eigenvalue weighted by Gasteiger charge is -2.17. The van der Waals surface area contributed by atoms with Gasteiger partial charge in [-0.1, -0.05) is 44.2 Å². The average molecular weight is 327 g/mol. The van der Waals surface area contributed by atoms with Crippen LogP contribution in [0.15, 0.2) is 42.5 Å². The highest BCUT2D eigenvalue weighted by Gasteiger charge is 2.13. The number of benzene rings is 2. The van der Waals surface area contributed by atoms with Gasteiger partial charge in [-0.25, -0.2) is 0 Å². The topological polar surface area (TPSA) is 44.5 Å². The van der Waals surface area contributed by atoms with E-state index in [0.717, 1.165) is 30.8 Å². The van der Waals surface area contributed by atoms with Crippen LogP contribution in [0.1, 0.15) is 42.9 Å². The molecule has 24 heavy (non-hydrogen) atoms. The van der Waals surface area contributed by atoms with Crippen molar-refractivity contribution in [3.63, 3.8) is 0 Å². The summed E-state index contributed by atoms with van der Waals surface area (Å²) in [5, 5.41) is 0. The lowest BCUT2D eigenvalue weighted by Crippen LogP contribution is -2.15. The molecule has 1 atom stereocenters. The predicted octanol–water partition coefficient (Wildman–Crippen LogP) is 4.33. The summed E-state index contributed by atoms with van der Waals surface area (Å²) < 4.78 is 11.2. The van der Waals surface area contributed by atoms with E-state index in [2.05, 4.69) is 50.2 Å².